The molecule has 1 aliphatic rings. The fourth-order valence-corrected chi connectivity index (χ4v) is 3.26. The molecule has 1 aromatic carbocycles. The summed E-state index contributed by atoms with van der Waals surface area (Å²) in [6.07, 6.45) is 1.30. The number of piperidine rings is 1. The minimum Gasteiger partial charge on any atom is -0.496 e. The summed E-state index contributed by atoms with van der Waals surface area (Å²) < 4.78 is 5.38. The zero-order valence-corrected chi connectivity index (χ0v) is 14.3. The second-order valence-corrected chi connectivity index (χ2v) is 7.02. The second kappa shape index (κ2) is 6.22. The van der Waals surface area contributed by atoms with Crippen LogP contribution < -0.4 is 4.74 Å². The molecule has 0 spiro atoms. The Morgan fingerprint density at radius 3 is 2.57 bits per heavy atom. The molecule has 0 saturated carbocycles. The number of aliphatic carboxylic acids is 1. The standard InChI is InChI=1S/C18H25NO4/c1-17(2,13-8-5-6-9-14(13)23-4)15(20)19-11-7-10-18(3,12-19)16(21)22/h5-6,8-9H,7,10-12H2,1-4H3,(H,21,22). The van der Waals surface area contributed by atoms with Crippen molar-refractivity contribution in [3.05, 3.63) is 29.8 Å². The number of carbonyl (C=O) groups excluding carboxylic acids is 1. The predicted octanol–water partition coefficient (Wildman–Crippen LogP) is 2.69. The van der Waals surface area contributed by atoms with Gasteiger partial charge in [-0.25, -0.2) is 0 Å². The van der Waals surface area contributed by atoms with Gasteiger partial charge in [0.15, 0.2) is 0 Å². The highest BCUT2D eigenvalue weighted by Gasteiger charge is 2.43. The Morgan fingerprint density at radius 1 is 1.30 bits per heavy atom. The molecule has 1 heterocycles. The Hall–Kier alpha value is -2.04. The van der Waals surface area contributed by atoms with Gasteiger partial charge in [0, 0.05) is 18.7 Å². The van der Waals surface area contributed by atoms with E-state index in [0.717, 1.165) is 5.56 Å². The van der Waals surface area contributed by atoms with Crippen LogP contribution in [0.3, 0.4) is 0 Å². The van der Waals surface area contributed by atoms with Gasteiger partial charge >= 0.3 is 5.97 Å². The molecule has 1 aliphatic heterocycles. The van der Waals surface area contributed by atoms with E-state index in [1.807, 2.05) is 38.1 Å². The van der Waals surface area contributed by atoms with Gasteiger partial charge in [0.1, 0.15) is 5.75 Å². The average molecular weight is 319 g/mol. The van der Waals surface area contributed by atoms with Crippen LogP contribution in [0.25, 0.3) is 0 Å². The van der Waals surface area contributed by atoms with Gasteiger partial charge in [-0.15, -0.1) is 0 Å². The van der Waals surface area contributed by atoms with Gasteiger partial charge in [0.2, 0.25) is 5.91 Å². The normalized spacial score (nSPS) is 21.8. The zero-order chi connectivity index (χ0) is 17.3. The molecule has 0 bridgehead atoms. The number of carbonyl (C=O) groups is 2. The van der Waals surface area contributed by atoms with Gasteiger partial charge in [-0.3, -0.25) is 9.59 Å². The van der Waals surface area contributed by atoms with Crippen molar-refractivity contribution in [2.24, 2.45) is 5.41 Å². The average Bonchev–Trinajstić information content (AvgIpc) is 2.54. The van der Waals surface area contributed by atoms with Crippen LogP contribution in [-0.2, 0) is 15.0 Å². The Kier molecular flexibility index (Phi) is 4.68. The van der Waals surface area contributed by atoms with Gasteiger partial charge in [0.05, 0.1) is 17.9 Å². The molecule has 1 fully saturated rings. The molecule has 5 heteroatoms. The first kappa shape index (κ1) is 17.3. The summed E-state index contributed by atoms with van der Waals surface area (Å²) >= 11 is 0. The van der Waals surface area contributed by atoms with Crippen molar-refractivity contribution in [1.29, 1.82) is 0 Å². The van der Waals surface area contributed by atoms with E-state index >= 15 is 0 Å². The molecule has 0 aromatic heterocycles. The molecule has 0 radical (unpaired) electrons. The van der Waals surface area contributed by atoms with Crippen LogP contribution in [0.4, 0.5) is 0 Å². The number of carboxylic acid groups (broad SMARTS) is 1. The SMILES string of the molecule is COc1ccccc1C(C)(C)C(=O)N1CCCC(C)(C(=O)O)C1. The van der Waals surface area contributed by atoms with E-state index in [4.69, 9.17) is 4.74 Å². The number of likely N-dealkylation sites (tertiary alicyclic amines) is 1. The topological polar surface area (TPSA) is 66.8 Å². The number of carboxylic acids is 1. The van der Waals surface area contributed by atoms with Crippen molar-refractivity contribution in [2.45, 2.75) is 39.0 Å². The van der Waals surface area contributed by atoms with Crippen LogP contribution in [0.5, 0.6) is 5.75 Å². The third-order valence-electron chi connectivity index (χ3n) is 4.81. The Labute approximate surface area is 137 Å². The highest BCUT2D eigenvalue weighted by Crippen LogP contribution is 2.36. The van der Waals surface area contributed by atoms with Gasteiger partial charge in [-0.05, 0) is 39.7 Å². The van der Waals surface area contributed by atoms with E-state index in [0.29, 0.717) is 25.1 Å². The maximum absolute atomic E-state index is 13.1. The number of nitrogens with zero attached hydrogens (tertiary/aromatic N) is 1. The predicted molar refractivity (Wildman–Crippen MR) is 87.6 cm³/mol. The molecule has 1 aromatic rings. The monoisotopic (exact) mass is 319 g/mol. The summed E-state index contributed by atoms with van der Waals surface area (Å²) in [6, 6.07) is 7.47. The van der Waals surface area contributed by atoms with Crippen LogP contribution in [0.15, 0.2) is 24.3 Å². The molecule has 23 heavy (non-hydrogen) atoms. The first-order valence-corrected chi connectivity index (χ1v) is 7.88. The highest BCUT2D eigenvalue weighted by atomic mass is 16.5. The lowest BCUT2D eigenvalue weighted by molar-refractivity contribution is -0.154. The van der Waals surface area contributed by atoms with Gasteiger partial charge in [-0.1, -0.05) is 18.2 Å². The number of amides is 1. The molecule has 5 nitrogen and oxygen atoms in total. The molecular weight excluding hydrogens is 294 g/mol. The number of rotatable bonds is 4. The molecule has 1 saturated heterocycles. The van der Waals surface area contributed by atoms with Crippen LogP contribution in [-0.4, -0.2) is 42.1 Å². The summed E-state index contributed by atoms with van der Waals surface area (Å²) in [5.74, 6) is -0.233. The highest BCUT2D eigenvalue weighted by molar-refractivity contribution is 5.89. The van der Waals surface area contributed by atoms with Crippen LogP contribution in [0.1, 0.15) is 39.2 Å². The van der Waals surface area contributed by atoms with Gasteiger partial charge in [-0.2, -0.15) is 0 Å². The van der Waals surface area contributed by atoms with Crippen molar-refractivity contribution in [3.63, 3.8) is 0 Å². The molecule has 1 atom stereocenters. The molecule has 1 amide bonds. The minimum absolute atomic E-state index is 0.0609. The smallest absolute Gasteiger partial charge is 0.311 e. The largest absolute Gasteiger partial charge is 0.496 e. The summed E-state index contributed by atoms with van der Waals surface area (Å²) in [5.41, 5.74) is -0.830. The molecule has 1 unspecified atom stereocenters. The number of benzene rings is 1. The Bertz CT molecular complexity index is 611. The van der Waals surface area contributed by atoms with Crippen LogP contribution in [0, 0.1) is 5.41 Å². The van der Waals surface area contributed by atoms with Crippen molar-refractivity contribution >= 4 is 11.9 Å². The number of ether oxygens (including phenoxy) is 1. The Morgan fingerprint density at radius 2 is 1.96 bits per heavy atom. The summed E-state index contributed by atoms with van der Waals surface area (Å²) in [4.78, 5) is 26.3. The lowest BCUT2D eigenvalue weighted by Gasteiger charge is -2.41. The number of methoxy groups -OCH3 is 1. The summed E-state index contributed by atoms with van der Waals surface area (Å²) in [6.45, 7) is 6.28. The van der Waals surface area contributed by atoms with E-state index in [1.165, 1.54) is 0 Å². The van der Waals surface area contributed by atoms with Crippen molar-refractivity contribution < 1.29 is 19.4 Å². The number of hydrogen-bond acceptors (Lipinski definition) is 3. The van der Waals surface area contributed by atoms with Crippen LogP contribution in [0.2, 0.25) is 0 Å². The van der Waals surface area contributed by atoms with Gasteiger partial charge < -0.3 is 14.7 Å². The Balaban J connectivity index is 2.29. The lowest BCUT2D eigenvalue weighted by atomic mass is 9.78. The van der Waals surface area contributed by atoms with E-state index < -0.39 is 16.8 Å². The first-order valence-electron chi connectivity index (χ1n) is 7.88. The first-order chi connectivity index (χ1) is 10.7. The van der Waals surface area contributed by atoms with Crippen LogP contribution >= 0.6 is 0 Å². The molecule has 1 N–H and O–H groups in total. The van der Waals surface area contributed by atoms with E-state index in [9.17, 15) is 14.7 Å². The summed E-state index contributed by atoms with van der Waals surface area (Å²) in [5, 5.41) is 9.44. The lowest BCUT2D eigenvalue weighted by Crippen LogP contribution is -2.52. The fourth-order valence-electron chi connectivity index (χ4n) is 3.26. The molecule has 126 valence electrons. The quantitative estimate of drug-likeness (QED) is 0.926. The number of hydrogen-bond donors (Lipinski definition) is 1. The van der Waals surface area contributed by atoms with E-state index in [1.54, 1.807) is 18.9 Å². The number of para-hydroxylation sites is 1. The fraction of sp³-hybridized carbons (Fsp3) is 0.556. The van der Waals surface area contributed by atoms with Crippen molar-refractivity contribution in [3.8, 4) is 5.75 Å². The third-order valence-corrected chi connectivity index (χ3v) is 4.81. The molecular formula is C18H25NO4. The van der Waals surface area contributed by atoms with Crippen molar-refractivity contribution in [1.82, 2.24) is 4.90 Å². The zero-order valence-electron chi connectivity index (χ0n) is 14.3. The summed E-state index contributed by atoms with van der Waals surface area (Å²) in [7, 11) is 1.59. The van der Waals surface area contributed by atoms with E-state index in [-0.39, 0.29) is 12.5 Å². The third kappa shape index (κ3) is 3.19. The van der Waals surface area contributed by atoms with Crippen molar-refractivity contribution in [2.75, 3.05) is 20.2 Å². The molecule has 0 aliphatic carbocycles. The molecule has 2 rings (SSSR count). The maximum atomic E-state index is 13.1. The van der Waals surface area contributed by atoms with Gasteiger partial charge in [0.25, 0.3) is 0 Å². The van der Waals surface area contributed by atoms with E-state index in [2.05, 4.69) is 0 Å². The maximum Gasteiger partial charge on any atom is 0.311 e. The second-order valence-electron chi connectivity index (χ2n) is 7.02. The minimum atomic E-state index is -0.870.